The van der Waals surface area contributed by atoms with E-state index in [1.54, 1.807) is 23.0 Å². The lowest BCUT2D eigenvalue weighted by Gasteiger charge is -2.23. The Morgan fingerprint density at radius 2 is 2.35 bits per heavy atom. The van der Waals surface area contributed by atoms with Crippen LogP contribution in [0.25, 0.3) is 0 Å². The number of aromatic nitrogens is 1. The van der Waals surface area contributed by atoms with E-state index in [2.05, 4.69) is 10.0 Å². The van der Waals surface area contributed by atoms with Crippen LogP contribution in [0.5, 0.6) is 0 Å². The van der Waals surface area contributed by atoms with E-state index < -0.39 is 10.0 Å². The number of nitrogens with zero attached hydrogens (tertiary/aromatic N) is 1. The fourth-order valence-electron chi connectivity index (χ4n) is 2.03. The zero-order valence-electron chi connectivity index (χ0n) is 10.0. The number of nitrogens with one attached hydrogen (secondary N) is 2. The van der Waals surface area contributed by atoms with Gasteiger partial charge >= 0.3 is 0 Å². The Balaban J connectivity index is 1.93. The zero-order chi connectivity index (χ0) is 12.3. The average molecular weight is 257 g/mol. The van der Waals surface area contributed by atoms with Crippen molar-refractivity contribution >= 4 is 10.0 Å². The molecule has 0 aliphatic carbocycles. The van der Waals surface area contributed by atoms with E-state index >= 15 is 0 Å². The van der Waals surface area contributed by atoms with Crippen LogP contribution in [0.15, 0.2) is 23.4 Å². The first-order valence-electron chi connectivity index (χ1n) is 5.93. The summed E-state index contributed by atoms with van der Waals surface area (Å²) in [5.41, 5.74) is 0. The zero-order valence-corrected chi connectivity index (χ0v) is 10.8. The molecule has 0 bridgehead atoms. The van der Waals surface area contributed by atoms with Gasteiger partial charge in [-0.05, 0) is 25.5 Å². The van der Waals surface area contributed by atoms with Crippen LogP contribution in [-0.4, -0.2) is 32.1 Å². The van der Waals surface area contributed by atoms with Crippen molar-refractivity contribution in [2.75, 3.05) is 13.1 Å². The van der Waals surface area contributed by atoms with Crippen LogP contribution in [0.4, 0.5) is 0 Å². The predicted octanol–water partition coefficient (Wildman–Crippen LogP) is 0.445. The van der Waals surface area contributed by atoms with Gasteiger partial charge < -0.3 is 9.88 Å². The van der Waals surface area contributed by atoms with Crippen LogP contribution in [-0.2, 0) is 17.1 Å². The molecule has 1 fully saturated rings. The molecule has 0 amide bonds. The molecule has 0 aromatic carbocycles. The van der Waals surface area contributed by atoms with E-state index in [4.69, 9.17) is 0 Å². The quantitative estimate of drug-likeness (QED) is 0.823. The molecule has 5 nitrogen and oxygen atoms in total. The molecule has 1 atom stereocenters. The van der Waals surface area contributed by atoms with Crippen molar-refractivity contribution in [3.63, 3.8) is 0 Å². The third-order valence-electron chi connectivity index (χ3n) is 3.05. The van der Waals surface area contributed by atoms with Crippen LogP contribution in [0.2, 0.25) is 0 Å². The lowest BCUT2D eigenvalue weighted by Crippen LogP contribution is -2.43. The maximum Gasteiger partial charge on any atom is 0.242 e. The van der Waals surface area contributed by atoms with Crippen molar-refractivity contribution in [3.05, 3.63) is 18.5 Å². The van der Waals surface area contributed by atoms with Gasteiger partial charge in [0.2, 0.25) is 10.0 Å². The molecular weight excluding hydrogens is 238 g/mol. The SMILES string of the molecule is Cn1ccc(S(=O)(=O)NCC2CCCCN2)c1. The van der Waals surface area contributed by atoms with E-state index in [0.717, 1.165) is 13.0 Å². The molecule has 0 spiro atoms. The molecule has 1 aliphatic heterocycles. The minimum atomic E-state index is -3.35. The van der Waals surface area contributed by atoms with Crippen LogP contribution in [0.3, 0.4) is 0 Å². The topological polar surface area (TPSA) is 63.1 Å². The summed E-state index contributed by atoms with van der Waals surface area (Å²) in [5.74, 6) is 0. The molecule has 2 rings (SSSR count). The monoisotopic (exact) mass is 257 g/mol. The third-order valence-corrected chi connectivity index (χ3v) is 4.46. The highest BCUT2D eigenvalue weighted by Gasteiger charge is 2.18. The Bertz CT molecular complexity index is 461. The molecule has 0 radical (unpaired) electrons. The number of hydrogen-bond acceptors (Lipinski definition) is 3. The number of hydrogen-bond donors (Lipinski definition) is 2. The minimum absolute atomic E-state index is 0.266. The lowest BCUT2D eigenvalue weighted by atomic mass is 10.1. The van der Waals surface area contributed by atoms with Gasteiger partial charge in [-0.2, -0.15) is 0 Å². The molecule has 1 aromatic heterocycles. The second-order valence-electron chi connectivity index (χ2n) is 4.51. The first-order chi connectivity index (χ1) is 8.08. The first kappa shape index (κ1) is 12.6. The van der Waals surface area contributed by atoms with Gasteiger partial charge in [0.25, 0.3) is 0 Å². The van der Waals surface area contributed by atoms with E-state index in [1.807, 2.05) is 7.05 Å². The van der Waals surface area contributed by atoms with Crippen LogP contribution in [0.1, 0.15) is 19.3 Å². The number of aryl methyl sites for hydroxylation is 1. The van der Waals surface area contributed by atoms with Gasteiger partial charge in [-0.15, -0.1) is 0 Å². The van der Waals surface area contributed by atoms with Crippen molar-refractivity contribution in [3.8, 4) is 0 Å². The Kier molecular flexibility index (Phi) is 3.86. The van der Waals surface area contributed by atoms with Crippen LogP contribution < -0.4 is 10.0 Å². The number of sulfonamides is 1. The molecule has 1 saturated heterocycles. The van der Waals surface area contributed by atoms with Crippen molar-refractivity contribution in [1.82, 2.24) is 14.6 Å². The van der Waals surface area contributed by atoms with Gasteiger partial charge in [-0.3, -0.25) is 0 Å². The van der Waals surface area contributed by atoms with Gasteiger partial charge in [0.15, 0.2) is 0 Å². The van der Waals surface area contributed by atoms with Crippen LogP contribution >= 0.6 is 0 Å². The summed E-state index contributed by atoms with van der Waals surface area (Å²) >= 11 is 0. The van der Waals surface area contributed by atoms with Gasteiger partial charge in [0.05, 0.1) is 4.90 Å². The number of rotatable bonds is 4. The summed E-state index contributed by atoms with van der Waals surface area (Å²) in [6, 6.07) is 1.87. The van der Waals surface area contributed by atoms with E-state index in [0.29, 0.717) is 11.4 Å². The summed E-state index contributed by atoms with van der Waals surface area (Å²) < 4.78 is 28.3. The Labute approximate surface area is 102 Å². The first-order valence-corrected chi connectivity index (χ1v) is 7.41. The number of piperidine rings is 1. The van der Waals surface area contributed by atoms with Crippen molar-refractivity contribution in [2.24, 2.45) is 7.05 Å². The molecule has 2 N–H and O–H groups in total. The molecule has 1 unspecified atom stereocenters. The lowest BCUT2D eigenvalue weighted by molar-refractivity contribution is 0.398. The third kappa shape index (κ3) is 3.31. The smallest absolute Gasteiger partial charge is 0.242 e. The minimum Gasteiger partial charge on any atom is -0.356 e. The normalized spacial score (nSPS) is 21.6. The Morgan fingerprint density at radius 1 is 1.53 bits per heavy atom. The van der Waals surface area contributed by atoms with Gasteiger partial charge in [-0.25, -0.2) is 13.1 Å². The highest BCUT2D eigenvalue weighted by molar-refractivity contribution is 7.89. The molecule has 17 heavy (non-hydrogen) atoms. The fraction of sp³-hybridized carbons (Fsp3) is 0.636. The average Bonchev–Trinajstić information content (AvgIpc) is 2.76. The Hall–Kier alpha value is -0.850. The molecule has 0 saturated carbocycles. The molecule has 1 aliphatic rings. The summed E-state index contributed by atoms with van der Waals surface area (Å²) in [6.45, 7) is 1.45. The maximum atomic E-state index is 11.9. The molecule has 96 valence electrons. The predicted molar refractivity (Wildman–Crippen MR) is 66.2 cm³/mol. The van der Waals surface area contributed by atoms with Crippen molar-refractivity contribution in [1.29, 1.82) is 0 Å². The van der Waals surface area contributed by atoms with E-state index in [-0.39, 0.29) is 6.04 Å². The van der Waals surface area contributed by atoms with Gasteiger partial charge in [0, 0.05) is 32.0 Å². The molecule has 6 heteroatoms. The second-order valence-corrected chi connectivity index (χ2v) is 6.28. The summed E-state index contributed by atoms with van der Waals surface area (Å²) in [5, 5.41) is 3.32. The second kappa shape index (κ2) is 5.20. The highest BCUT2D eigenvalue weighted by atomic mass is 32.2. The molecule has 2 heterocycles. The molecular formula is C11H19N3O2S. The van der Waals surface area contributed by atoms with Crippen molar-refractivity contribution < 1.29 is 8.42 Å². The van der Waals surface area contributed by atoms with Gasteiger partial charge in [0.1, 0.15) is 0 Å². The van der Waals surface area contributed by atoms with Crippen molar-refractivity contribution in [2.45, 2.75) is 30.2 Å². The maximum absolute atomic E-state index is 11.9. The summed E-state index contributed by atoms with van der Waals surface area (Å²) in [6.07, 6.45) is 6.73. The molecule has 1 aromatic rings. The standard InChI is InChI=1S/C11H19N3O2S/c1-14-7-5-11(9-14)17(15,16)13-8-10-4-2-3-6-12-10/h5,7,9-10,12-13H,2-4,6,8H2,1H3. The van der Waals surface area contributed by atoms with Gasteiger partial charge in [-0.1, -0.05) is 6.42 Å². The highest BCUT2D eigenvalue weighted by Crippen LogP contribution is 2.10. The summed E-state index contributed by atoms with van der Waals surface area (Å²) in [7, 11) is -1.54. The fourth-order valence-corrected chi connectivity index (χ4v) is 3.16. The summed E-state index contributed by atoms with van der Waals surface area (Å²) in [4.78, 5) is 0.329. The van der Waals surface area contributed by atoms with Crippen LogP contribution in [0, 0.1) is 0 Å². The van der Waals surface area contributed by atoms with E-state index in [9.17, 15) is 8.42 Å². The Morgan fingerprint density at radius 3 is 2.94 bits per heavy atom. The van der Waals surface area contributed by atoms with E-state index in [1.165, 1.54) is 12.8 Å². The largest absolute Gasteiger partial charge is 0.356 e.